The molecule has 1 aliphatic heterocycles. The number of hydrogen-bond acceptors (Lipinski definition) is 5. The second-order valence-corrected chi connectivity index (χ2v) is 8.68. The van der Waals surface area contributed by atoms with Crippen LogP contribution in [0.3, 0.4) is 0 Å². The number of amides is 2. The molecule has 8 heteroatoms. The molecule has 0 radical (unpaired) electrons. The van der Waals surface area contributed by atoms with E-state index in [0.29, 0.717) is 27.9 Å². The van der Waals surface area contributed by atoms with Gasteiger partial charge in [0.1, 0.15) is 10.1 Å². The third-order valence-electron chi connectivity index (χ3n) is 4.92. The van der Waals surface area contributed by atoms with Crippen molar-refractivity contribution in [1.29, 1.82) is 0 Å². The lowest BCUT2D eigenvalue weighted by Crippen LogP contribution is -2.37. The van der Waals surface area contributed by atoms with E-state index in [4.69, 9.17) is 17.0 Å². The molecule has 1 fully saturated rings. The monoisotopic (exact) mass is 463 g/mol. The van der Waals surface area contributed by atoms with E-state index in [-0.39, 0.29) is 11.8 Å². The van der Waals surface area contributed by atoms with Gasteiger partial charge in [0.2, 0.25) is 0 Å². The molecule has 3 aromatic rings. The zero-order valence-corrected chi connectivity index (χ0v) is 19.0. The highest BCUT2D eigenvalue weighted by molar-refractivity contribution is 8.26. The molecule has 0 saturated carbocycles. The van der Waals surface area contributed by atoms with Gasteiger partial charge in [-0.25, -0.2) is 0 Å². The number of carbonyl (C=O) groups excluding carboxylic acids is 2. The number of aromatic nitrogens is 1. The Morgan fingerprint density at radius 3 is 2.59 bits per heavy atom. The fourth-order valence-corrected chi connectivity index (χ4v) is 4.56. The molecule has 2 amide bonds. The zero-order valence-electron chi connectivity index (χ0n) is 17.4. The van der Waals surface area contributed by atoms with Crippen LogP contribution < -0.4 is 10.1 Å². The first-order chi connectivity index (χ1) is 15.5. The van der Waals surface area contributed by atoms with E-state index in [9.17, 15) is 9.59 Å². The van der Waals surface area contributed by atoms with Crippen LogP contribution in [0.4, 0.5) is 0 Å². The lowest BCUT2D eigenvalue weighted by Gasteiger charge is -2.15. The normalized spacial score (nSPS) is 14.8. The minimum absolute atomic E-state index is 0.159. The topological polar surface area (TPSA) is 63.6 Å². The Hall–Kier alpha value is -3.36. The van der Waals surface area contributed by atoms with E-state index in [1.807, 2.05) is 65.5 Å². The van der Waals surface area contributed by atoms with Gasteiger partial charge in [-0.3, -0.25) is 14.5 Å². The van der Waals surface area contributed by atoms with Gasteiger partial charge in [0.15, 0.2) is 0 Å². The molecule has 6 nitrogen and oxygen atoms in total. The molecule has 2 heterocycles. The van der Waals surface area contributed by atoms with E-state index in [2.05, 4.69) is 5.32 Å². The molecule has 1 saturated heterocycles. The molecule has 1 N–H and O–H groups in total. The maximum absolute atomic E-state index is 12.8. The SMILES string of the molecule is COc1cccc(/C=C2/SC(=S)N(CCNC(=O)c3ccc(-n4cccc4)cc3)C2=O)c1. The van der Waals surface area contributed by atoms with Crippen molar-refractivity contribution >= 4 is 46.2 Å². The molecular weight excluding hydrogens is 442 g/mol. The summed E-state index contributed by atoms with van der Waals surface area (Å²) >= 11 is 6.63. The summed E-state index contributed by atoms with van der Waals surface area (Å²) in [5, 5.41) is 2.86. The first-order valence-corrected chi connectivity index (χ1v) is 11.2. The first-order valence-electron chi connectivity index (χ1n) is 9.96. The Labute approximate surface area is 195 Å². The molecule has 1 aliphatic rings. The molecule has 0 aliphatic carbocycles. The summed E-state index contributed by atoms with van der Waals surface area (Å²) in [6.45, 7) is 0.615. The molecule has 32 heavy (non-hydrogen) atoms. The Morgan fingerprint density at radius 2 is 1.88 bits per heavy atom. The summed E-state index contributed by atoms with van der Waals surface area (Å²) in [6.07, 6.45) is 5.69. The van der Waals surface area contributed by atoms with Gasteiger partial charge in [0.05, 0.1) is 12.0 Å². The molecule has 1 aromatic heterocycles. The number of benzene rings is 2. The highest BCUT2D eigenvalue weighted by Gasteiger charge is 2.31. The minimum atomic E-state index is -0.193. The average molecular weight is 464 g/mol. The smallest absolute Gasteiger partial charge is 0.266 e. The summed E-state index contributed by atoms with van der Waals surface area (Å²) in [5.74, 6) is 0.368. The molecule has 0 bridgehead atoms. The summed E-state index contributed by atoms with van der Waals surface area (Å²) in [6, 6.07) is 18.7. The van der Waals surface area contributed by atoms with Crippen molar-refractivity contribution in [1.82, 2.24) is 14.8 Å². The number of rotatable bonds is 7. The molecule has 0 spiro atoms. The van der Waals surface area contributed by atoms with Gasteiger partial charge < -0.3 is 14.6 Å². The van der Waals surface area contributed by atoms with Gasteiger partial charge in [-0.15, -0.1) is 0 Å². The fourth-order valence-electron chi connectivity index (χ4n) is 3.25. The largest absolute Gasteiger partial charge is 0.497 e. The number of carbonyl (C=O) groups is 2. The van der Waals surface area contributed by atoms with Crippen molar-refractivity contribution in [3.8, 4) is 11.4 Å². The Balaban J connectivity index is 1.33. The van der Waals surface area contributed by atoms with Crippen molar-refractivity contribution in [2.45, 2.75) is 0 Å². The molecule has 2 aromatic carbocycles. The van der Waals surface area contributed by atoms with Crippen molar-refractivity contribution < 1.29 is 14.3 Å². The Kier molecular flexibility index (Phi) is 6.72. The molecular formula is C24H21N3O3S2. The Morgan fingerprint density at radius 1 is 1.12 bits per heavy atom. The number of hydrogen-bond donors (Lipinski definition) is 1. The van der Waals surface area contributed by atoms with Crippen molar-refractivity contribution in [2.24, 2.45) is 0 Å². The predicted octanol–water partition coefficient (Wildman–Crippen LogP) is 4.12. The second-order valence-electron chi connectivity index (χ2n) is 7.00. The standard InChI is InChI=1S/C24H21N3O3S2/c1-30-20-6-4-5-17(15-20)16-21-23(29)27(24(31)32-21)14-11-25-22(28)18-7-9-19(10-8-18)26-12-2-3-13-26/h2-10,12-13,15-16H,11,14H2,1H3,(H,25,28)/b21-16+. The number of thiocarbonyl (C=S) groups is 1. The van der Waals surface area contributed by atoms with Crippen LogP contribution in [0.1, 0.15) is 15.9 Å². The van der Waals surface area contributed by atoms with Crippen LogP contribution in [0, 0.1) is 0 Å². The van der Waals surface area contributed by atoms with E-state index in [1.165, 1.54) is 16.7 Å². The van der Waals surface area contributed by atoms with Crippen molar-refractivity contribution in [3.05, 3.63) is 89.1 Å². The number of ether oxygens (including phenoxy) is 1. The highest BCUT2D eigenvalue weighted by atomic mass is 32.2. The van der Waals surface area contributed by atoms with Crippen molar-refractivity contribution in [3.63, 3.8) is 0 Å². The molecule has 0 unspecified atom stereocenters. The maximum Gasteiger partial charge on any atom is 0.266 e. The van der Waals surface area contributed by atoms with Crippen LogP contribution in [0.15, 0.2) is 78.0 Å². The van der Waals surface area contributed by atoms with Gasteiger partial charge in [-0.05, 0) is 60.2 Å². The maximum atomic E-state index is 12.8. The van der Waals surface area contributed by atoms with Crippen LogP contribution in [0.25, 0.3) is 11.8 Å². The Bertz CT molecular complexity index is 1170. The number of nitrogens with zero attached hydrogens (tertiary/aromatic N) is 2. The number of thioether (sulfide) groups is 1. The highest BCUT2D eigenvalue weighted by Crippen LogP contribution is 2.32. The third-order valence-corrected chi connectivity index (χ3v) is 6.30. The van der Waals surface area contributed by atoms with E-state index in [1.54, 1.807) is 25.3 Å². The summed E-state index contributed by atoms with van der Waals surface area (Å²) in [7, 11) is 1.60. The van der Waals surface area contributed by atoms with Crippen LogP contribution in [-0.4, -0.2) is 45.8 Å². The van der Waals surface area contributed by atoms with Gasteiger partial charge >= 0.3 is 0 Å². The predicted molar refractivity (Wildman–Crippen MR) is 131 cm³/mol. The van der Waals surface area contributed by atoms with Crippen LogP contribution in [0.2, 0.25) is 0 Å². The third kappa shape index (κ3) is 4.92. The fraction of sp³-hybridized carbons (Fsp3) is 0.125. The second kappa shape index (κ2) is 9.84. The summed E-state index contributed by atoms with van der Waals surface area (Å²) in [5.41, 5.74) is 2.40. The van der Waals surface area contributed by atoms with Gasteiger partial charge in [0, 0.05) is 36.7 Å². The van der Waals surface area contributed by atoms with Crippen LogP contribution in [0.5, 0.6) is 5.75 Å². The molecule has 0 atom stereocenters. The van der Waals surface area contributed by atoms with Crippen LogP contribution >= 0.6 is 24.0 Å². The summed E-state index contributed by atoms with van der Waals surface area (Å²) in [4.78, 5) is 27.3. The van der Waals surface area contributed by atoms with Gasteiger partial charge in [0.25, 0.3) is 11.8 Å². The van der Waals surface area contributed by atoms with Gasteiger partial charge in [-0.2, -0.15) is 0 Å². The quantitative estimate of drug-likeness (QED) is 0.422. The van der Waals surface area contributed by atoms with Gasteiger partial charge in [-0.1, -0.05) is 36.1 Å². The zero-order chi connectivity index (χ0) is 22.5. The minimum Gasteiger partial charge on any atom is -0.497 e. The number of methoxy groups -OCH3 is 1. The van der Waals surface area contributed by atoms with E-state index < -0.39 is 0 Å². The average Bonchev–Trinajstić information content (AvgIpc) is 3.44. The molecule has 162 valence electrons. The molecule has 4 rings (SSSR count). The summed E-state index contributed by atoms with van der Waals surface area (Å²) < 4.78 is 7.68. The van der Waals surface area contributed by atoms with E-state index >= 15 is 0 Å². The number of nitrogens with one attached hydrogen (secondary N) is 1. The van der Waals surface area contributed by atoms with E-state index in [0.717, 1.165) is 17.0 Å². The lowest BCUT2D eigenvalue weighted by atomic mass is 10.2. The lowest BCUT2D eigenvalue weighted by molar-refractivity contribution is -0.122. The van der Waals surface area contributed by atoms with Crippen molar-refractivity contribution in [2.75, 3.05) is 20.2 Å². The van der Waals surface area contributed by atoms with Crippen LogP contribution in [-0.2, 0) is 4.79 Å². The first kappa shape index (κ1) is 21.9.